The van der Waals surface area contributed by atoms with Gasteiger partial charge >= 0.3 is 0 Å². The van der Waals surface area contributed by atoms with Gasteiger partial charge in [-0.25, -0.2) is 0 Å². The van der Waals surface area contributed by atoms with E-state index in [1.54, 1.807) is 7.11 Å². The highest BCUT2D eigenvalue weighted by Crippen LogP contribution is 2.52. The molecule has 32 heavy (non-hydrogen) atoms. The molecule has 1 atom stereocenters. The maximum absolute atomic E-state index is 7.70. The fourth-order valence-electron chi connectivity index (χ4n) is 4.98. The van der Waals surface area contributed by atoms with Crippen LogP contribution < -0.4 is 9.92 Å². The number of para-hydroxylation sites is 1. The summed E-state index contributed by atoms with van der Waals surface area (Å²) in [6.45, 7) is 16.0. The molecule has 0 fully saturated rings. The van der Waals surface area contributed by atoms with Crippen molar-refractivity contribution in [2.24, 2.45) is 0 Å². The molecule has 4 rings (SSSR count). The molecule has 1 unspecified atom stereocenters. The first-order valence-electron chi connectivity index (χ1n) is 11.5. The van der Waals surface area contributed by atoms with E-state index in [0.29, 0.717) is 0 Å². The van der Waals surface area contributed by atoms with Crippen molar-refractivity contribution >= 4 is 23.6 Å². The van der Waals surface area contributed by atoms with Crippen molar-refractivity contribution in [3.8, 4) is 16.9 Å². The van der Waals surface area contributed by atoms with Gasteiger partial charge in [-0.2, -0.15) is 11.1 Å². The third kappa shape index (κ3) is 3.82. The molecule has 1 aliphatic rings. The number of methoxy groups -OCH3 is 1. The molecule has 1 aliphatic carbocycles. The zero-order valence-corrected chi connectivity index (χ0v) is 22.4. The summed E-state index contributed by atoms with van der Waals surface area (Å²) in [5, 5.41) is 1.16. The van der Waals surface area contributed by atoms with Gasteiger partial charge in [0.2, 0.25) is 0 Å². The first-order valence-corrected chi connectivity index (χ1v) is 15.1. The van der Waals surface area contributed by atoms with Crippen LogP contribution in [0, 0.1) is 0 Å². The Bertz CT molecular complexity index is 1100. The Morgan fingerprint density at radius 3 is 1.66 bits per heavy atom. The van der Waals surface area contributed by atoms with Gasteiger partial charge in [0.25, 0.3) is 0 Å². The van der Waals surface area contributed by atoms with Crippen LogP contribution in [0.4, 0.5) is 0 Å². The van der Waals surface area contributed by atoms with Gasteiger partial charge in [-0.05, 0) is 55.5 Å². The number of ether oxygens (including phenoxy) is 1. The smallest absolute Gasteiger partial charge is 0.199 e. The monoisotopic (exact) mass is 462 g/mol. The molecule has 0 saturated heterocycles. The lowest BCUT2D eigenvalue weighted by molar-refractivity contribution is 0.418. The zero-order valence-electron chi connectivity index (χ0n) is 20.6. The Hall–Kier alpha value is -2.03. The lowest BCUT2D eigenvalue weighted by Crippen LogP contribution is -2.46. The van der Waals surface area contributed by atoms with Crippen molar-refractivity contribution in [3.05, 3.63) is 82.9 Å². The Labute approximate surface area is 199 Å². The quantitative estimate of drug-likeness (QED) is 0.286. The summed E-state index contributed by atoms with van der Waals surface area (Å²) in [5.74, 6) is 0.894. The van der Waals surface area contributed by atoms with Crippen LogP contribution in [-0.2, 0) is 10.8 Å². The molecule has 0 spiro atoms. The number of halogens is 1. The fourth-order valence-corrected chi connectivity index (χ4v) is 9.20. The maximum Gasteiger partial charge on any atom is 0.199 e. The Kier molecular flexibility index (Phi) is 5.62. The van der Waals surface area contributed by atoms with Crippen molar-refractivity contribution in [1.29, 1.82) is 0 Å². The number of benzene rings is 3. The highest BCUT2D eigenvalue weighted by atomic mass is 35.6. The number of hydrogen-bond donors (Lipinski definition) is 0. The highest BCUT2D eigenvalue weighted by molar-refractivity contribution is 7.28. The van der Waals surface area contributed by atoms with Gasteiger partial charge in [-0.15, -0.1) is 0 Å². The van der Waals surface area contributed by atoms with Crippen molar-refractivity contribution in [3.63, 3.8) is 0 Å². The number of hydrogen-bond acceptors (Lipinski definition) is 1. The molecule has 0 aliphatic heterocycles. The predicted molar refractivity (Wildman–Crippen MR) is 141 cm³/mol. The molecule has 0 bridgehead atoms. The average molecular weight is 463 g/mol. The molecule has 168 valence electrons. The van der Waals surface area contributed by atoms with Crippen LogP contribution in [-0.4, -0.2) is 14.5 Å². The van der Waals surface area contributed by atoms with E-state index in [2.05, 4.69) is 96.6 Å². The number of fused-ring (bicyclic) bond motifs is 3. The minimum atomic E-state index is -2.53. The van der Waals surface area contributed by atoms with Crippen LogP contribution >= 0.6 is 11.1 Å². The van der Waals surface area contributed by atoms with Crippen molar-refractivity contribution in [2.45, 2.75) is 64.5 Å². The second kappa shape index (κ2) is 7.78. The molecule has 1 nitrogen and oxygen atoms in total. The van der Waals surface area contributed by atoms with Crippen LogP contribution in [0.15, 0.2) is 60.7 Å². The standard InChI is InChI=1S/C29H35ClOSi/c1-28(2,3)19-13-15-21-22-16-14-20(29(4,5)6)18-24(22)27(23(21)17-19)32(8,30)26-12-10-9-11-25(26)31-7/h9-18,27H,1-8H3. The lowest BCUT2D eigenvalue weighted by Gasteiger charge is -2.32. The second-order valence-corrected chi connectivity index (χ2v) is 16.9. The third-order valence-corrected chi connectivity index (χ3v) is 11.4. The summed E-state index contributed by atoms with van der Waals surface area (Å²) in [6, 6.07) is 22.4. The fraction of sp³-hybridized carbons (Fsp3) is 0.379. The van der Waals surface area contributed by atoms with Crippen molar-refractivity contribution in [1.82, 2.24) is 0 Å². The maximum atomic E-state index is 7.70. The van der Waals surface area contributed by atoms with Crippen LogP contribution in [0.1, 0.15) is 69.3 Å². The molecule has 0 heterocycles. The van der Waals surface area contributed by atoms with E-state index in [0.717, 1.165) is 10.9 Å². The van der Waals surface area contributed by atoms with E-state index in [1.165, 1.54) is 33.4 Å². The van der Waals surface area contributed by atoms with E-state index in [1.807, 2.05) is 12.1 Å². The van der Waals surface area contributed by atoms with Crippen molar-refractivity contribution < 1.29 is 4.74 Å². The molecule has 3 aromatic carbocycles. The molecule has 0 N–H and O–H groups in total. The van der Waals surface area contributed by atoms with Gasteiger partial charge in [0, 0.05) is 5.54 Å². The Morgan fingerprint density at radius 1 is 0.750 bits per heavy atom. The molecular formula is C29H35ClOSi. The molecular weight excluding hydrogens is 428 g/mol. The van der Waals surface area contributed by atoms with Crippen LogP contribution in [0.25, 0.3) is 11.1 Å². The largest absolute Gasteiger partial charge is 0.497 e. The van der Waals surface area contributed by atoms with E-state index >= 15 is 0 Å². The summed E-state index contributed by atoms with van der Waals surface area (Å²) in [7, 11) is -0.789. The second-order valence-electron chi connectivity index (χ2n) is 11.3. The van der Waals surface area contributed by atoms with E-state index in [-0.39, 0.29) is 16.4 Å². The van der Waals surface area contributed by atoms with Gasteiger partial charge in [-0.3, -0.25) is 0 Å². The van der Waals surface area contributed by atoms with E-state index in [4.69, 9.17) is 15.8 Å². The van der Waals surface area contributed by atoms with Crippen LogP contribution in [0.2, 0.25) is 6.55 Å². The number of rotatable bonds is 3. The minimum Gasteiger partial charge on any atom is -0.497 e. The summed E-state index contributed by atoms with van der Waals surface area (Å²) in [4.78, 5) is 0. The van der Waals surface area contributed by atoms with Crippen LogP contribution in [0.3, 0.4) is 0 Å². The summed E-state index contributed by atoms with van der Waals surface area (Å²) >= 11 is 7.70. The summed E-state index contributed by atoms with van der Waals surface area (Å²) in [6.07, 6.45) is 0. The first-order chi connectivity index (χ1) is 14.9. The molecule has 0 radical (unpaired) electrons. The molecule has 0 amide bonds. The average Bonchev–Trinajstić information content (AvgIpc) is 3.06. The lowest BCUT2D eigenvalue weighted by atomic mass is 9.85. The molecule has 3 aromatic rings. The molecule has 0 aromatic heterocycles. The van der Waals surface area contributed by atoms with Gasteiger partial charge in [-0.1, -0.05) is 103 Å². The molecule has 3 heteroatoms. The normalized spacial score (nSPS) is 15.8. The van der Waals surface area contributed by atoms with Crippen molar-refractivity contribution in [2.75, 3.05) is 7.11 Å². The third-order valence-electron chi connectivity index (χ3n) is 6.92. The van der Waals surface area contributed by atoms with E-state index < -0.39 is 7.38 Å². The van der Waals surface area contributed by atoms with Gasteiger partial charge in [0.1, 0.15) is 5.75 Å². The topological polar surface area (TPSA) is 9.23 Å². The minimum absolute atomic E-state index is 0.0830. The van der Waals surface area contributed by atoms with E-state index in [9.17, 15) is 0 Å². The zero-order chi connectivity index (χ0) is 23.5. The first kappa shape index (κ1) is 23.1. The van der Waals surface area contributed by atoms with Crippen LogP contribution in [0.5, 0.6) is 5.75 Å². The van der Waals surface area contributed by atoms with Gasteiger partial charge < -0.3 is 4.74 Å². The van der Waals surface area contributed by atoms with Gasteiger partial charge in [0.15, 0.2) is 7.38 Å². The highest BCUT2D eigenvalue weighted by Gasteiger charge is 2.46. The molecule has 0 saturated carbocycles. The predicted octanol–water partition coefficient (Wildman–Crippen LogP) is 7.66. The Morgan fingerprint density at radius 2 is 1.22 bits per heavy atom. The Balaban J connectivity index is 2.01. The van der Waals surface area contributed by atoms with Gasteiger partial charge in [0.05, 0.1) is 7.11 Å². The summed E-state index contributed by atoms with van der Waals surface area (Å²) < 4.78 is 5.77. The summed E-state index contributed by atoms with van der Waals surface area (Å²) in [5.41, 5.74) is 8.43. The SMILES string of the molecule is COc1ccccc1[Si](C)(Cl)C1c2cc(C(C)(C)C)ccc2-c2ccc(C(C)(C)C)cc21.